The molecule has 0 fully saturated rings. The van der Waals surface area contributed by atoms with Crippen LogP contribution in [0.25, 0.3) is 12.2 Å². The van der Waals surface area contributed by atoms with E-state index in [9.17, 15) is 24.6 Å². The molecule has 0 heterocycles. The molecule has 0 saturated heterocycles. The van der Waals surface area contributed by atoms with E-state index < -0.39 is 29.3 Å². The first-order chi connectivity index (χ1) is 25.6. The van der Waals surface area contributed by atoms with Crippen LogP contribution in [-0.2, 0) is 30.3 Å². The Hall–Kier alpha value is -4.96. The highest BCUT2D eigenvalue weighted by atomic mass is 35.5. The summed E-state index contributed by atoms with van der Waals surface area (Å²) in [5.41, 5.74) is 1.60. The molecule has 5 N–H and O–H groups in total. The van der Waals surface area contributed by atoms with Crippen LogP contribution in [0.3, 0.4) is 0 Å². The molecular formula is C44H60ClN3O7. The number of rotatable bonds is 22. The Morgan fingerprint density at radius 2 is 1.62 bits per heavy atom. The molecule has 0 bridgehead atoms. The summed E-state index contributed by atoms with van der Waals surface area (Å²) >= 11 is 6.09. The number of aromatic hydroxyl groups is 1. The predicted molar refractivity (Wildman–Crippen MR) is 222 cm³/mol. The lowest BCUT2D eigenvalue weighted by atomic mass is 9.91. The number of phenols is 1. The van der Waals surface area contributed by atoms with Gasteiger partial charge in [-0.15, -0.1) is 0 Å². The summed E-state index contributed by atoms with van der Waals surface area (Å²) in [4.78, 5) is 38.2. The van der Waals surface area contributed by atoms with Crippen molar-refractivity contribution >= 4 is 41.5 Å². The Kier molecular flexibility index (Phi) is 18.3. The van der Waals surface area contributed by atoms with Crippen molar-refractivity contribution in [2.75, 3.05) is 13.1 Å². The quantitative estimate of drug-likeness (QED) is 0.0589. The minimum atomic E-state index is -1.09. The third kappa shape index (κ3) is 18.3. The molecule has 0 aliphatic carbocycles. The van der Waals surface area contributed by atoms with Crippen molar-refractivity contribution in [1.29, 1.82) is 0 Å². The van der Waals surface area contributed by atoms with Gasteiger partial charge < -0.3 is 35.6 Å². The molecule has 2 amide bonds. The Balaban J connectivity index is 1.98. The number of carboxylic acids is 1. The van der Waals surface area contributed by atoms with Gasteiger partial charge in [0.2, 0.25) is 5.91 Å². The molecule has 2 aromatic rings. The summed E-state index contributed by atoms with van der Waals surface area (Å²) in [5.74, 6) is -1.19. The Bertz CT molecular complexity index is 1720. The molecule has 0 saturated carbocycles. The number of benzene rings is 2. The molecule has 2 unspecified atom stereocenters. The molecule has 11 heteroatoms. The second kappa shape index (κ2) is 21.8. The van der Waals surface area contributed by atoms with Gasteiger partial charge in [0.05, 0.1) is 10.8 Å². The van der Waals surface area contributed by atoms with E-state index in [4.69, 9.17) is 21.1 Å². The number of nitrogens with one attached hydrogen (secondary N) is 3. The van der Waals surface area contributed by atoms with Gasteiger partial charge in [0.25, 0.3) is 5.91 Å². The van der Waals surface area contributed by atoms with Crippen molar-refractivity contribution < 1.29 is 34.1 Å². The van der Waals surface area contributed by atoms with Gasteiger partial charge in [0, 0.05) is 18.5 Å². The summed E-state index contributed by atoms with van der Waals surface area (Å²) in [6.07, 6.45) is 10.3. The molecule has 0 aliphatic heterocycles. The third-order valence-electron chi connectivity index (χ3n) is 8.30. The molecule has 0 aliphatic rings. The molecule has 0 radical (unpaired) electrons. The van der Waals surface area contributed by atoms with E-state index in [0.717, 1.165) is 24.9 Å². The van der Waals surface area contributed by atoms with Crippen molar-refractivity contribution in [3.8, 4) is 5.75 Å². The number of aliphatic carboxylic acids is 1. The molecule has 2 rings (SSSR count). The van der Waals surface area contributed by atoms with Crippen LogP contribution in [0.15, 0.2) is 91.2 Å². The fourth-order valence-corrected chi connectivity index (χ4v) is 5.22. The maximum absolute atomic E-state index is 13.4. The molecular weight excluding hydrogens is 718 g/mol. The Labute approximate surface area is 332 Å². The maximum Gasteiger partial charge on any atom is 0.344 e. The number of carboxylic acid groups (broad SMARTS) is 1. The minimum Gasteiger partial charge on any atom is -0.506 e. The number of carbonyl (C=O) groups excluding carboxylic acids is 2. The molecule has 55 heavy (non-hydrogen) atoms. The van der Waals surface area contributed by atoms with E-state index in [-0.39, 0.29) is 46.2 Å². The molecule has 300 valence electrons. The third-order valence-corrected chi connectivity index (χ3v) is 8.60. The van der Waals surface area contributed by atoms with Crippen molar-refractivity contribution in [2.24, 2.45) is 17.3 Å². The van der Waals surface area contributed by atoms with Crippen LogP contribution in [0, 0.1) is 17.3 Å². The largest absolute Gasteiger partial charge is 0.506 e. The van der Waals surface area contributed by atoms with E-state index in [2.05, 4.69) is 72.4 Å². The first-order valence-electron chi connectivity index (χ1n) is 18.6. The second-order valence-corrected chi connectivity index (χ2v) is 16.1. The first kappa shape index (κ1) is 46.2. The van der Waals surface area contributed by atoms with E-state index >= 15 is 0 Å². The predicted octanol–water partition coefficient (Wildman–Crippen LogP) is 8.78. The number of hydrogen-bond acceptors (Lipinski definition) is 7. The fraction of sp³-hybridized carbons (Fsp3) is 0.432. The fourth-order valence-electron chi connectivity index (χ4n) is 5.03. The lowest BCUT2D eigenvalue weighted by Crippen LogP contribution is -2.40. The van der Waals surface area contributed by atoms with Crippen LogP contribution in [0.1, 0.15) is 91.3 Å². The Morgan fingerprint density at radius 1 is 0.964 bits per heavy atom. The summed E-state index contributed by atoms with van der Waals surface area (Å²) < 4.78 is 11.4. The number of amides is 2. The number of phenolic OH excluding ortho intramolecular Hbond substituents is 1. The molecule has 0 aromatic heterocycles. The van der Waals surface area contributed by atoms with Crippen molar-refractivity contribution in [1.82, 2.24) is 16.0 Å². The highest BCUT2D eigenvalue weighted by Gasteiger charge is 2.30. The number of allylic oxidation sites excluding steroid dienone is 2. The van der Waals surface area contributed by atoms with Gasteiger partial charge >= 0.3 is 5.97 Å². The average molecular weight is 778 g/mol. The highest BCUT2D eigenvalue weighted by molar-refractivity contribution is 6.32. The molecule has 10 nitrogen and oxygen atoms in total. The van der Waals surface area contributed by atoms with Gasteiger partial charge in [-0.1, -0.05) is 101 Å². The molecule has 0 spiro atoms. The normalized spacial score (nSPS) is 13.4. The van der Waals surface area contributed by atoms with Gasteiger partial charge in [-0.05, 0) is 106 Å². The number of halogens is 1. The minimum absolute atomic E-state index is 0.0370. The van der Waals surface area contributed by atoms with Gasteiger partial charge in [-0.25, -0.2) is 4.79 Å². The number of carbonyl (C=O) groups is 3. The zero-order valence-corrected chi connectivity index (χ0v) is 34.4. The maximum atomic E-state index is 13.4. The average Bonchev–Trinajstić information content (AvgIpc) is 3.08. The topological polar surface area (TPSA) is 146 Å². The zero-order chi connectivity index (χ0) is 41.3. The highest BCUT2D eigenvalue weighted by Crippen LogP contribution is 2.28. The first-order valence-corrected chi connectivity index (χ1v) is 19.0. The smallest absolute Gasteiger partial charge is 0.344 e. The van der Waals surface area contributed by atoms with Gasteiger partial charge in [-0.2, -0.15) is 0 Å². The van der Waals surface area contributed by atoms with Crippen LogP contribution in [0.5, 0.6) is 5.75 Å². The Morgan fingerprint density at radius 3 is 2.22 bits per heavy atom. The zero-order valence-electron chi connectivity index (χ0n) is 33.6. The summed E-state index contributed by atoms with van der Waals surface area (Å²) in [6, 6.07) is 12.8. The SMILES string of the molecule is C=C(NCCc1ccc(/C=C/C(C)CC/C=C/C(=O)N/C(=C/c2ccc(O)c(Cl)c2)C(=O)NCC(C)(C)C(=C)OC(CC(C)C)C(=O)O)cc1)OC(C)(C)C. The van der Waals surface area contributed by atoms with E-state index in [1.165, 1.54) is 29.8 Å². The van der Waals surface area contributed by atoms with Crippen LogP contribution >= 0.6 is 11.6 Å². The van der Waals surface area contributed by atoms with E-state index in [1.54, 1.807) is 26.0 Å². The number of hydrogen-bond donors (Lipinski definition) is 5. The van der Waals surface area contributed by atoms with Crippen molar-refractivity contribution in [2.45, 2.75) is 92.8 Å². The van der Waals surface area contributed by atoms with Gasteiger partial charge in [0.1, 0.15) is 17.0 Å². The number of ether oxygens (including phenoxy) is 2. The van der Waals surface area contributed by atoms with Gasteiger partial charge in [0.15, 0.2) is 12.0 Å². The lowest BCUT2D eigenvalue weighted by molar-refractivity contribution is -0.149. The van der Waals surface area contributed by atoms with Crippen LogP contribution in [0.2, 0.25) is 5.02 Å². The van der Waals surface area contributed by atoms with Crippen molar-refractivity contribution in [3.05, 3.63) is 113 Å². The lowest BCUT2D eigenvalue weighted by Gasteiger charge is -2.30. The second-order valence-electron chi connectivity index (χ2n) is 15.7. The van der Waals surface area contributed by atoms with E-state index in [1.807, 2.05) is 34.6 Å². The van der Waals surface area contributed by atoms with Crippen LogP contribution < -0.4 is 16.0 Å². The van der Waals surface area contributed by atoms with Crippen molar-refractivity contribution in [3.63, 3.8) is 0 Å². The summed E-state index contributed by atoms with van der Waals surface area (Å²) in [6.45, 7) is 24.0. The molecule has 2 aromatic carbocycles. The molecule has 2 atom stereocenters. The van der Waals surface area contributed by atoms with Gasteiger partial charge in [-0.3, -0.25) is 9.59 Å². The van der Waals surface area contributed by atoms with E-state index in [0.29, 0.717) is 24.3 Å². The monoisotopic (exact) mass is 777 g/mol. The summed E-state index contributed by atoms with van der Waals surface area (Å²) in [7, 11) is 0. The van der Waals surface area contributed by atoms with Crippen LogP contribution in [-0.4, -0.2) is 52.8 Å². The summed E-state index contributed by atoms with van der Waals surface area (Å²) in [5, 5.41) is 28.2. The van der Waals surface area contributed by atoms with Crippen LogP contribution in [0.4, 0.5) is 0 Å². The standard InChI is InChI=1S/C44H60ClN3O7/c1-29(2)25-39(42(52)53)54-31(4)44(9,10)28-47-41(51)37(27-35-21-22-38(49)36(45)26-35)48-40(50)14-12-11-13-30(3)15-16-33-17-19-34(20-18-33)23-24-46-32(5)55-43(6,7)8/h12,14-22,26-27,29-30,39,46,49H,4-5,11,13,23-25,28H2,1-3,6-10H3,(H,47,51)(H,48,50)(H,52,53)/b14-12+,16-15+,37-27+.